The van der Waals surface area contributed by atoms with E-state index < -0.39 is 0 Å². The fraction of sp³-hybridized carbons (Fsp3) is 0.364. The van der Waals surface area contributed by atoms with Gasteiger partial charge in [-0.1, -0.05) is 6.07 Å². The van der Waals surface area contributed by atoms with Crippen LogP contribution in [0.2, 0.25) is 0 Å². The molecule has 4 heteroatoms. The van der Waals surface area contributed by atoms with E-state index in [0.717, 1.165) is 19.5 Å². The summed E-state index contributed by atoms with van der Waals surface area (Å²) < 4.78 is 0. The van der Waals surface area contributed by atoms with Gasteiger partial charge >= 0.3 is 0 Å². The molecule has 1 aromatic heterocycles. The standard InChI is InChI=1S/C11H12N4/c12-8-14-9-15-5-3-11(7-15)10-2-1-4-13-6-10/h1-2,4,6,9,11H,3,5,7H2/b14-9-. The fourth-order valence-electron chi connectivity index (χ4n) is 1.89. The molecule has 1 aliphatic rings. The molecule has 0 radical (unpaired) electrons. The van der Waals surface area contributed by atoms with Gasteiger partial charge in [-0.25, -0.2) is 0 Å². The van der Waals surface area contributed by atoms with Crippen molar-refractivity contribution in [3.05, 3.63) is 30.1 Å². The molecule has 1 fully saturated rings. The Balaban J connectivity index is 1.99. The van der Waals surface area contributed by atoms with Crippen molar-refractivity contribution >= 4 is 6.34 Å². The Kier molecular flexibility index (Phi) is 2.93. The largest absolute Gasteiger partial charge is 0.361 e. The predicted octanol–water partition coefficient (Wildman–Crippen LogP) is 1.38. The van der Waals surface area contributed by atoms with Gasteiger partial charge in [-0.15, -0.1) is 0 Å². The van der Waals surface area contributed by atoms with E-state index in [1.165, 1.54) is 5.56 Å². The maximum absolute atomic E-state index is 8.32. The predicted molar refractivity (Wildman–Crippen MR) is 57.3 cm³/mol. The van der Waals surface area contributed by atoms with Crippen molar-refractivity contribution in [1.29, 1.82) is 5.26 Å². The highest BCUT2D eigenvalue weighted by Gasteiger charge is 2.21. The number of pyridine rings is 1. The molecular weight excluding hydrogens is 188 g/mol. The van der Waals surface area contributed by atoms with Gasteiger partial charge in [0.2, 0.25) is 6.19 Å². The van der Waals surface area contributed by atoms with Crippen LogP contribution in [0.3, 0.4) is 0 Å². The highest BCUT2D eigenvalue weighted by Crippen LogP contribution is 2.25. The van der Waals surface area contributed by atoms with Crippen LogP contribution in [0.4, 0.5) is 0 Å². The average Bonchev–Trinajstić information content (AvgIpc) is 2.76. The molecule has 4 nitrogen and oxygen atoms in total. The Hall–Kier alpha value is -1.89. The molecule has 0 bridgehead atoms. The van der Waals surface area contributed by atoms with Crippen molar-refractivity contribution < 1.29 is 0 Å². The highest BCUT2D eigenvalue weighted by atomic mass is 15.2. The Morgan fingerprint density at radius 3 is 3.33 bits per heavy atom. The summed E-state index contributed by atoms with van der Waals surface area (Å²) in [4.78, 5) is 9.76. The van der Waals surface area contributed by atoms with Crippen LogP contribution in [-0.4, -0.2) is 29.3 Å². The molecule has 1 aliphatic heterocycles. The number of aromatic nitrogens is 1. The van der Waals surface area contributed by atoms with Gasteiger partial charge in [0.05, 0.1) is 0 Å². The van der Waals surface area contributed by atoms with Crippen LogP contribution >= 0.6 is 0 Å². The Morgan fingerprint density at radius 1 is 1.67 bits per heavy atom. The third-order valence-electron chi connectivity index (χ3n) is 2.65. The van der Waals surface area contributed by atoms with Crippen molar-refractivity contribution in [2.24, 2.45) is 4.99 Å². The van der Waals surface area contributed by atoms with E-state index in [9.17, 15) is 0 Å². The SMILES string of the molecule is N#C/N=C\N1CCC(c2cccnc2)C1. The first-order chi connectivity index (χ1) is 7.40. The number of rotatable bonds is 2. The lowest BCUT2D eigenvalue weighted by molar-refractivity contribution is 0.526. The van der Waals surface area contributed by atoms with Crippen LogP contribution in [0, 0.1) is 11.5 Å². The molecule has 2 heterocycles. The summed E-state index contributed by atoms with van der Waals surface area (Å²) in [5, 5.41) is 8.32. The van der Waals surface area contributed by atoms with Crippen LogP contribution < -0.4 is 0 Å². The molecule has 0 aliphatic carbocycles. The summed E-state index contributed by atoms with van der Waals surface area (Å²) in [6, 6.07) is 4.06. The second kappa shape index (κ2) is 4.56. The Bertz CT molecular complexity index is 379. The van der Waals surface area contributed by atoms with Gasteiger partial charge in [-0.2, -0.15) is 10.3 Å². The first-order valence-corrected chi connectivity index (χ1v) is 4.96. The summed E-state index contributed by atoms with van der Waals surface area (Å²) >= 11 is 0. The molecule has 2 rings (SSSR count). The van der Waals surface area contributed by atoms with Gasteiger partial charge in [0.15, 0.2) is 0 Å². The molecule has 0 aromatic carbocycles. The zero-order chi connectivity index (χ0) is 10.5. The molecule has 0 N–H and O–H groups in total. The number of likely N-dealkylation sites (tertiary alicyclic amines) is 1. The smallest absolute Gasteiger partial charge is 0.207 e. The van der Waals surface area contributed by atoms with Gasteiger partial charge in [0.25, 0.3) is 0 Å². The minimum atomic E-state index is 0.517. The third kappa shape index (κ3) is 2.32. The minimum absolute atomic E-state index is 0.517. The second-order valence-electron chi connectivity index (χ2n) is 3.61. The number of hydrogen-bond acceptors (Lipinski definition) is 3. The summed E-state index contributed by atoms with van der Waals surface area (Å²) in [6.45, 7) is 1.89. The first-order valence-electron chi connectivity index (χ1n) is 4.96. The maximum Gasteiger partial charge on any atom is 0.207 e. The van der Waals surface area contributed by atoms with Crippen LogP contribution in [0.15, 0.2) is 29.5 Å². The lowest BCUT2D eigenvalue weighted by atomic mass is 10.0. The minimum Gasteiger partial charge on any atom is -0.361 e. The molecule has 76 valence electrons. The lowest BCUT2D eigenvalue weighted by Gasteiger charge is -2.11. The molecule has 0 saturated carbocycles. The van der Waals surface area contributed by atoms with Crippen molar-refractivity contribution in [1.82, 2.24) is 9.88 Å². The molecule has 1 aromatic rings. The van der Waals surface area contributed by atoms with Crippen molar-refractivity contribution in [3.8, 4) is 6.19 Å². The lowest BCUT2D eigenvalue weighted by Crippen LogP contribution is -2.17. The van der Waals surface area contributed by atoms with Gasteiger partial charge in [-0.05, 0) is 18.1 Å². The van der Waals surface area contributed by atoms with Gasteiger partial charge in [0, 0.05) is 31.4 Å². The van der Waals surface area contributed by atoms with Gasteiger partial charge in [0.1, 0.15) is 6.34 Å². The van der Waals surface area contributed by atoms with Crippen molar-refractivity contribution in [3.63, 3.8) is 0 Å². The molecule has 0 spiro atoms. The Labute approximate surface area is 88.9 Å². The fourth-order valence-corrected chi connectivity index (χ4v) is 1.89. The third-order valence-corrected chi connectivity index (χ3v) is 2.65. The molecule has 0 amide bonds. The number of aliphatic imine (C=N–C) groups is 1. The molecular formula is C11H12N4. The maximum atomic E-state index is 8.32. The normalized spacial score (nSPS) is 20.7. The van der Waals surface area contributed by atoms with Crippen LogP contribution in [0.25, 0.3) is 0 Å². The number of hydrogen-bond donors (Lipinski definition) is 0. The van der Waals surface area contributed by atoms with Gasteiger partial charge < -0.3 is 4.90 Å². The second-order valence-corrected chi connectivity index (χ2v) is 3.61. The van der Waals surface area contributed by atoms with E-state index >= 15 is 0 Å². The van der Waals surface area contributed by atoms with Crippen molar-refractivity contribution in [2.45, 2.75) is 12.3 Å². The zero-order valence-corrected chi connectivity index (χ0v) is 8.37. The van der Waals surface area contributed by atoms with Crippen LogP contribution in [0.5, 0.6) is 0 Å². The number of nitriles is 1. The number of nitrogens with zero attached hydrogens (tertiary/aromatic N) is 4. The van der Waals surface area contributed by atoms with E-state index in [2.05, 4.69) is 20.9 Å². The van der Waals surface area contributed by atoms with E-state index in [4.69, 9.17) is 5.26 Å². The average molecular weight is 200 g/mol. The Morgan fingerprint density at radius 2 is 2.60 bits per heavy atom. The quantitative estimate of drug-likeness (QED) is 0.411. The molecule has 1 atom stereocenters. The van der Waals surface area contributed by atoms with Crippen LogP contribution in [-0.2, 0) is 0 Å². The first kappa shape index (κ1) is 9.66. The zero-order valence-electron chi connectivity index (χ0n) is 8.37. The van der Waals surface area contributed by atoms with Gasteiger partial charge in [-0.3, -0.25) is 4.98 Å². The van der Waals surface area contributed by atoms with E-state index in [0.29, 0.717) is 5.92 Å². The highest BCUT2D eigenvalue weighted by molar-refractivity contribution is 5.57. The van der Waals surface area contributed by atoms with Crippen LogP contribution in [0.1, 0.15) is 17.9 Å². The monoisotopic (exact) mass is 200 g/mol. The van der Waals surface area contributed by atoms with E-state index in [1.807, 2.05) is 12.3 Å². The summed E-state index contributed by atoms with van der Waals surface area (Å²) in [7, 11) is 0. The summed E-state index contributed by atoms with van der Waals surface area (Å²) in [5.74, 6) is 0.517. The topological polar surface area (TPSA) is 52.3 Å². The molecule has 1 saturated heterocycles. The molecule has 1 unspecified atom stereocenters. The summed E-state index contributed by atoms with van der Waals surface area (Å²) in [6.07, 6.45) is 8.18. The molecule has 15 heavy (non-hydrogen) atoms. The van der Waals surface area contributed by atoms with E-state index in [1.54, 1.807) is 18.7 Å². The van der Waals surface area contributed by atoms with E-state index in [-0.39, 0.29) is 0 Å². The van der Waals surface area contributed by atoms with Crippen molar-refractivity contribution in [2.75, 3.05) is 13.1 Å². The summed E-state index contributed by atoms with van der Waals surface area (Å²) in [5.41, 5.74) is 1.27.